The molecule has 0 atom stereocenters. The number of fused-ring (bicyclic) bond motifs is 1. The highest BCUT2D eigenvalue weighted by Crippen LogP contribution is 2.31. The van der Waals surface area contributed by atoms with Gasteiger partial charge in [0, 0.05) is 27.9 Å². The van der Waals surface area contributed by atoms with E-state index in [0.29, 0.717) is 26.9 Å². The third-order valence-electron chi connectivity index (χ3n) is 3.90. The summed E-state index contributed by atoms with van der Waals surface area (Å²) in [6.45, 7) is 5.65. The van der Waals surface area contributed by atoms with Crippen molar-refractivity contribution in [2.45, 2.75) is 31.6 Å². The van der Waals surface area contributed by atoms with Crippen molar-refractivity contribution < 1.29 is 4.42 Å². The topological polar surface area (TPSA) is 66.9 Å². The van der Waals surface area contributed by atoms with Crippen LogP contribution in [0, 0.1) is 32.1 Å². The first-order valence-corrected chi connectivity index (χ1v) is 8.99. The molecule has 0 aliphatic heterocycles. The zero-order valence-corrected chi connectivity index (χ0v) is 15.6. The average Bonchev–Trinajstić information content (AvgIpc) is 2.54. The lowest BCUT2D eigenvalue weighted by Gasteiger charge is -2.09. The minimum absolute atomic E-state index is 0.404. The van der Waals surface area contributed by atoms with Crippen LogP contribution in [-0.4, -0.2) is 4.98 Å². The van der Waals surface area contributed by atoms with Gasteiger partial charge in [-0.1, -0.05) is 11.6 Å². The molecule has 0 aliphatic carbocycles. The molecule has 4 nitrogen and oxygen atoms in total. The Bertz CT molecular complexity index is 1080. The van der Waals surface area contributed by atoms with Crippen molar-refractivity contribution in [1.29, 1.82) is 5.26 Å². The van der Waals surface area contributed by atoms with E-state index in [9.17, 15) is 10.1 Å². The van der Waals surface area contributed by atoms with Crippen LogP contribution in [0.15, 0.2) is 38.5 Å². The van der Waals surface area contributed by atoms with Crippen LogP contribution >= 0.6 is 23.4 Å². The van der Waals surface area contributed by atoms with Crippen LogP contribution < -0.4 is 5.63 Å². The molecular formula is C19H15ClN2O2S. The van der Waals surface area contributed by atoms with Crippen molar-refractivity contribution in [3.8, 4) is 6.07 Å². The maximum Gasteiger partial charge on any atom is 0.336 e. The van der Waals surface area contributed by atoms with E-state index in [2.05, 4.69) is 11.1 Å². The predicted molar refractivity (Wildman–Crippen MR) is 100 cm³/mol. The van der Waals surface area contributed by atoms with E-state index in [1.54, 1.807) is 6.07 Å². The average molecular weight is 371 g/mol. The summed E-state index contributed by atoms with van der Waals surface area (Å²) in [7, 11) is 0. The molecular weight excluding hydrogens is 356 g/mol. The number of thioether (sulfide) groups is 1. The largest absolute Gasteiger partial charge is 0.423 e. The Kier molecular flexibility index (Phi) is 4.85. The molecule has 0 fully saturated rings. The standard InChI is InChI=1S/C19H15ClN2O2S/c1-10-4-12(3)22-19(15(10)8-21)25-9-13-6-18(23)24-17-5-11(2)16(20)7-14(13)17/h4-7H,9H2,1-3H3. The van der Waals surface area contributed by atoms with Gasteiger partial charge in [0.05, 0.1) is 5.56 Å². The molecule has 0 N–H and O–H groups in total. The number of benzene rings is 1. The molecule has 0 unspecified atom stereocenters. The quantitative estimate of drug-likeness (QED) is 0.483. The Morgan fingerprint density at radius 2 is 1.96 bits per heavy atom. The van der Waals surface area contributed by atoms with E-state index in [4.69, 9.17) is 16.0 Å². The highest BCUT2D eigenvalue weighted by atomic mass is 35.5. The molecule has 126 valence electrons. The van der Waals surface area contributed by atoms with Crippen molar-refractivity contribution in [3.63, 3.8) is 0 Å². The normalized spacial score (nSPS) is 10.8. The number of nitrogens with zero attached hydrogens (tertiary/aromatic N) is 2. The van der Waals surface area contributed by atoms with Crippen LogP contribution in [0.1, 0.15) is 27.9 Å². The molecule has 0 saturated heterocycles. The molecule has 0 amide bonds. The van der Waals surface area contributed by atoms with E-state index in [1.165, 1.54) is 17.8 Å². The molecule has 3 aromatic rings. The Morgan fingerprint density at radius 1 is 1.20 bits per heavy atom. The van der Waals surface area contributed by atoms with Gasteiger partial charge >= 0.3 is 5.63 Å². The minimum atomic E-state index is -0.404. The molecule has 0 spiro atoms. The van der Waals surface area contributed by atoms with Gasteiger partial charge in [0.2, 0.25) is 0 Å². The molecule has 0 saturated carbocycles. The van der Waals surface area contributed by atoms with Gasteiger partial charge in [0.15, 0.2) is 0 Å². The lowest BCUT2D eigenvalue weighted by molar-refractivity contribution is 0.559. The third kappa shape index (κ3) is 3.55. The molecule has 0 aliphatic rings. The minimum Gasteiger partial charge on any atom is -0.423 e. The van der Waals surface area contributed by atoms with Gasteiger partial charge in [-0.3, -0.25) is 0 Å². The molecule has 6 heteroatoms. The van der Waals surface area contributed by atoms with Crippen molar-refractivity contribution in [3.05, 3.63) is 67.7 Å². The fraction of sp³-hybridized carbons (Fsp3) is 0.211. The van der Waals surface area contributed by atoms with Crippen molar-refractivity contribution >= 4 is 34.3 Å². The van der Waals surface area contributed by atoms with E-state index in [0.717, 1.165) is 27.8 Å². The number of halogens is 1. The Balaban J connectivity index is 2.04. The second kappa shape index (κ2) is 6.91. The summed E-state index contributed by atoms with van der Waals surface area (Å²) < 4.78 is 5.28. The van der Waals surface area contributed by atoms with Gasteiger partial charge in [-0.05, 0) is 55.7 Å². The van der Waals surface area contributed by atoms with Crippen molar-refractivity contribution in [2.75, 3.05) is 0 Å². The summed E-state index contributed by atoms with van der Waals surface area (Å²) in [6.07, 6.45) is 0. The first-order valence-electron chi connectivity index (χ1n) is 7.63. The van der Waals surface area contributed by atoms with Gasteiger partial charge in [-0.15, -0.1) is 11.8 Å². The number of rotatable bonds is 3. The molecule has 3 rings (SSSR count). The summed E-state index contributed by atoms with van der Waals surface area (Å²) in [5, 5.41) is 11.5. The second-order valence-corrected chi connectivity index (χ2v) is 7.22. The summed E-state index contributed by atoms with van der Waals surface area (Å²) in [6, 6.07) is 9.14. The molecule has 2 aromatic heterocycles. The van der Waals surface area contributed by atoms with Gasteiger partial charge in [-0.25, -0.2) is 9.78 Å². The third-order valence-corrected chi connectivity index (χ3v) is 5.33. The molecule has 25 heavy (non-hydrogen) atoms. The first-order chi connectivity index (χ1) is 11.9. The second-order valence-electron chi connectivity index (χ2n) is 5.85. The zero-order valence-electron chi connectivity index (χ0n) is 14.0. The van der Waals surface area contributed by atoms with Gasteiger partial charge in [-0.2, -0.15) is 5.26 Å². The van der Waals surface area contributed by atoms with E-state index < -0.39 is 5.63 Å². The molecule has 2 heterocycles. The summed E-state index contributed by atoms with van der Waals surface area (Å²) in [5.41, 5.74) is 4.09. The summed E-state index contributed by atoms with van der Waals surface area (Å²) in [5.74, 6) is 0.492. The predicted octanol–water partition coefficient (Wildman–Crippen LogP) is 4.93. The molecule has 1 aromatic carbocycles. The van der Waals surface area contributed by atoms with E-state index >= 15 is 0 Å². The van der Waals surface area contributed by atoms with Crippen LogP contribution in [0.25, 0.3) is 11.0 Å². The zero-order chi connectivity index (χ0) is 18.1. The van der Waals surface area contributed by atoms with Gasteiger partial charge < -0.3 is 4.42 Å². The Morgan fingerprint density at radius 3 is 2.68 bits per heavy atom. The number of aromatic nitrogens is 1. The smallest absolute Gasteiger partial charge is 0.336 e. The van der Waals surface area contributed by atoms with Crippen LogP contribution in [0.3, 0.4) is 0 Å². The van der Waals surface area contributed by atoms with Crippen LogP contribution in [0.4, 0.5) is 0 Å². The number of aryl methyl sites for hydroxylation is 3. The van der Waals surface area contributed by atoms with Gasteiger partial charge in [0.25, 0.3) is 0 Å². The monoisotopic (exact) mass is 370 g/mol. The van der Waals surface area contributed by atoms with Crippen LogP contribution in [0.5, 0.6) is 0 Å². The summed E-state index contributed by atoms with van der Waals surface area (Å²) in [4.78, 5) is 16.3. The highest BCUT2D eigenvalue weighted by Gasteiger charge is 2.13. The maximum atomic E-state index is 11.9. The van der Waals surface area contributed by atoms with E-state index in [-0.39, 0.29) is 0 Å². The Labute approximate surface area is 154 Å². The SMILES string of the molecule is Cc1cc(C)c(C#N)c(SCc2cc(=O)oc3cc(C)c(Cl)cc23)n1. The van der Waals surface area contributed by atoms with Crippen molar-refractivity contribution in [1.82, 2.24) is 4.98 Å². The number of hydrogen-bond donors (Lipinski definition) is 0. The van der Waals surface area contributed by atoms with Crippen LogP contribution in [-0.2, 0) is 5.75 Å². The van der Waals surface area contributed by atoms with Crippen LogP contribution in [0.2, 0.25) is 5.02 Å². The van der Waals surface area contributed by atoms with Crippen molar-refractivity contribution in [2.24, 2.45) is 0 Å². The summed E-state index contributed by atoms with van der Waals surface area (Å²) >= 11 is 7.65. The number of hydrogen-bond acceptors (Lipinski definition) is 5. The maximum absolute atomic E-state index is 11.9. The highest BCUT2D eigenvalue weighted by molar-refractivity contribution is 7.98. The van der Waals surface area contributed by atoms with E-state index in [1.807, 2.05) is 32.9 Å². The molecule has 0 bridgehead atoms. The number of nitriles is 1. The fourth-order valence-corrected chi connectivity index (χ4v) is 3.91. The fourth-order valence-electron chi connectivity index (χ4n) is 2.66. The lowest BCUT2D eigenvalue weighted by Crippen LogP contribution is -2.01. The molecule has 0 radical (unpaired) electrons. The lowest BCUT2D eigenvalue weighted by atomic mass is 10.1. The number of pyridine rings is 1. The Hall–Kier alpha value is -2.29. The van der Waals surface area contributed by atoms with Gasteiger partial charge in [0.1, 0.15) is 16.7 Å². The first kappa shape index (κ1) is 17.5.